The predicted molar refractivity (Wildman–Crippen MR) is 139 cm³/mol. The number of benzene rings is 2. The summed E-state index contributed by atoms with van der Waals surface area (Å²) in [5.74, 6) is -1.65. The monoisotopic (exact) mass is 524 g/mol. The number of dihydropyridines is 1. The van der Waals surface area contributed by atoms with E-state index in [0.717, 1.165) is 5.56 Å². The van der Waals surface area contributed by atoms with Crippen molar-refractivity contribution in [2.24, 2.45) is 0 Å². The molecule has 0 radical (unpaired) electrons. The van der Waals surface area contributed by atoms with E-state index in [4.69, 9.17) is 14.2 Å². The van der Waals surface area contributed by atoms with E-state index in [1.165, 1.54) is 25.1 Å². The Balaban J connectivity index is 1.87. The minimum Gasteiger partial charge on any atom is -0.465 e. The van der Waals surface area contributed by atoms with Crippen molar-refractivity contribution in [2.45, 2.75) is 52.7 Å². The Hall–Kier alpha value is -4.18. The van der Waals surface area contributed by atoms with E-state index in [1.807, 2.05) is 6.92 Å². The molecular weight excluding hydrogens is 492 g/mol. The Morgan fingerprint density at radius 2 is 1.63 bits per heavy atom. The van der Waals surface area contributed by atoms with Crippen LogP contribution in [0.3, 0.4) is 0 Å². The van der Waals surface area contributed by atoms with E-state index in [0.29, 0.717) is 35.5 Å². The molecule has 3 rings (SSSR count). The molecule has 0 amide bonds. The van der Waals surface area contributed by atoms with Crippen LogP contribution in [-0.2, 0) is 25.5 Å². The second kappa shape index (κ2) is 12.9. The van der Waals surface area contributed by atoms with E-state index in [9.17, 15) is 24.8 Å². The third kappa shape index (κ3) is 6.98. The minimum atomic E-state index is -0.928. The molecule has 0 saturated carbocycles. The van der Waals surface area contributed by atoms with Crippen LogP contribution in [0.2, 0.25) is 0 Å². The summed E-state index contributed by atoms with van der Waals surface area (Å²) in [7, 11) is 0. The number of rotatable bonds is 11. The number of allylic oxidation sites excluding steroid dienone is 2. The molecule has 1 aliphatic rings. The van der Waals surface area contributed by atoms with Gasteiger partial charge in [0.05, 0.1) is 35.2 Å². The fourth-order valence-electron chi connectivity index (χ4n) is 4.23. The van der Waals surface area contributed by atoms with Crippen molar-refractivity contribution in [1.82, 2.24) is 5.32 Å². The number of ether oxygens (including phenoxy) is 3. The molecule has 0 bridgehead atoms. The number of carbonyl (C=O) groups excluding carboxylic acids is 2. The number of nitrogens with one attached hydrogen (secondary N) is 1. The van der Waals surface area contributed by atoms with Crippen molar-refractivity contribution in [3.63, 3.8) is 0 Å². The van der Waals surface area contributed by atoms with Gasteiger partial charge in [-0.25, -0.2) is 9.59 Å². The molecule has 10 nitrogen and oxygen atoms in total. The normalized spacial score (nSPS) is 16.0. The Morgan fingerprint density at radius 1 is 1.03 bits per heavy atom. The van der Waals surface area contributed by atoms with Gasteiger partial charge in [0, 0.05) is 29.9 Å². The Bertz CT molecular complexity index is 1250. The van der Waals surface area contributed by atoms with Crippen molar-refractivity contribution in [3.8, 4) is 5.75 Å². The van der Waals surface area contributed by atoms with Gasteiger partial charge < -0.3 is 24.6 Å². The summed E-state index contributed by atoms with van der Waals surface area (Å²) < 4.78 is 16.2. The smallest absolute Gasteiger partial charge is 0.336 e. The first kappa shape index (κ1) is 28.4. The molecule has 10 heteroatoms. The van der Waals surface area contributed by atoms with Gasteiger partial charge in [0.2, 0.25) is 0 Å². The number of esters is 2. The number of non-ortho nitro benzene ring substituents is 1. The largest absolute Gasteiger partial charge is 0.465 e. The number of nitro groups is 1. The van der Waals surface area contributed by atoms with E-state index in [2.05, 4.69) is 5.32 Å². The number of carbonyl (C=O) groups is 2. The first-order valence-electron chi connectivity index (χ1n) is 12.3. The van der Waals surface area contributed by atoms with Crippen molar-refractivity contribution in [2.75, 3.05) is 13.2 Å². The maximum atomic E-state index is 13.4. The van der Waals surface area contributed by atoms with Crippen LogP contribution in [0, 0.1) is 10.1 Å². The summed E-state index contributed by atoms with van der Waals surface area (Å²) in [5.41, 5.74) is 2.49. The van der Waals surface area contributed by atoms with Gasteiger partial charge in [0.1, 0.15) is 5.75 Å². The van der Waals surface area contributed by atoms with Crippen LogP contribution >= 0.6 is 0 Å². The van der Waals surface area contributed by atoms with Gasteiger partial charge in [-0.2, -0.15) is 0 Å². The molecule has 2 unspecified atom stereocenters. The van der Waals surface area contributed by atoms with Crippen LogP contribution in [-0.4, -0.2) is 41.5 Å². The zero-order valence-electron chi connectivity index (χ0n) is 21.9. The lowest BCUT2D eigenvalue weighted by Gasteiger charge is -2.30. The fraction of sp³-hybridized carbons (Fsp3) is 0.357. The van der Waals surface area contributed by atoms with Crippen LogP contribution < -0.4 is 10.1 Å². The number of nitrogens with zero attached hydrogens (tertiary/aromatic N) is 1. The van der Waals surface area contributed by atoms with Crippen LogP contribution in [0.15, 0.2) is 71.1 Å². The van der Waals surface area contributed by atoms with Gasteiger partial charge in [-0.1, -0.05) is 31.2 Å². The van der Waals surface area contributed by atoms with Crippen molar-refractivity contribution in [3.05, 3.63) is 92.3 Å². The van der Waals surface area contributed by atoms with Gasteiger partial charge in [0.25, 0.3) is 5.69 Å². The summed E-state index contributed by atoms with van der Waals surface area (Å²) in [6.45, 7) is 7.03. The molecule has 1 heterocycles. The highest BCUT2D eigenvalue weighted by Crippen LogP contribution is 2.40. The van der Waals surface area contributed by atoms with E-state index in [-0.39, 0.29) is 30.0 Å². The standard InChI is InChI=1S/C28H32N2O8/c1-5-14-36-27(32)24-17(2)29-18(3)25(26(24)21-7-6-8-22(16-21)30(34)35)28(33)37-15-13-20-9-11-23(12-10-20)38-19(4)31/h6-12,16,19,26,29,31H,5,13-15H2,1-4H3. The molecule has 0 aliphatic carbocycles. The number of aliphatic hydroxyl groups is 1. The maximum Gasteiger partial charge on any atom is 0.336 e. The molecular formula is C28H32N2O8. The second-order valence-corrected chi connectivity index (χ2v) is 8.87. The lowest BCUT2D eigenvalue weighted by Crippen LogP contribution is -2.32. The summed E-state index contributed by atoms with van der Waals surface area (Å²) in [6, 6.07) is 12.9. The van der Waals surface area contributed by atoms with Crippen molar-refractivity contribution in [1.29, 1.82) is 0 Å². The molecule has 1 aliphatic heterocycles. The zero-order chi connectivity index (χ0) is 27.8. The van der Waals surface area contributed by atoms with Gasteiger partial charge in [0.15, 0.2) is 6.29 Å². The van der Waals surface area contributed by atoms with Crippen LogP contribution in [0.5, 0.6) is 5.75 Å². The molecule has 0 fully saturated rings. The van der Waals surface area contributed by atoms with Gasteiger partial charge in [-0.15, -0.1) is 0 Å². The predicted octanol–water partition coefficient (Wildman–Crippen LogP) is 4.29. The van der Waals surface area contributed by atoms with Crippen LogP contribution in [0.25, 0.3) is 0 Å². The molecule has 2 aromatic carbocycles. The van der Waals surface area contributed by atoms with Crippen molar-refractivity contribution < 1.29 is 33.8 Å². The second-order valence-electron chi connectivity index (χ2n) is 8.87. The first-order valence-corrected chi connectivity index (χ1v) is 12.3. The van der Waals surface area contributed by atoms with Gasteiger partial charge >= 0.3 is 11.9 Å². The fourth-order valence-corrected chi connectivity index (χ4v) is 4.23. The number of hydrogen-bond acceptors (Lipinski definition) is 9. The van der Waals surface area contributed by atoms with Gasteiger partial charge in [-0.05, 0) is 50.5 Å². The van der Waals surface area contributed by atoms with E-state index in [1.54, 1.807) is 44.2 Å². The average Bonchev–Trinajstić information content (AvgIpc) is 2.87. The van der Waals surface area contributed by atoms with E-state index >= 15 is 0 Å². The third-order valence-electron chi connectivity index (χ3n) is 5.91. The Labute approximate surface area is 221 Å². The maximum absolute atomic E-state index is 13.4. The van der Waals surface area contributed by atoms with Crippen LogP contribution in [0.1, 0.15) is 51.2 Å². The zero-order valence-corrected chi connectivity index (χ0v) is 21.9. The number of nitro benzene ring substituents is 1. The molecule has 0 saturated heterocycles. The minimum absolute atomic E-state index is 0.0617. The topological polar surface area (TPSA) is 137 Å². The summed E-state index contributed by atoms with van der Waals surface area (Å²) >= 11 is 0. The quantitative estimate of drug-likeness (QED) is 0.191. The lowest BCUT2D eigenvalue weighted by molar-refractivity contribution is -0.384. The summed E-state index contributed by atoms with van der Waals surface area (Å²) in [6.07, 6.45) is 0.105. The number of hydrogen-bond donors (Lipinski definition) is 2. The molecule has 2 aromatic rings. The molecule has 0 spiro atoms. The SMILES string of the molecule is CCCOC(=O)C1=C(C)NC(C)=C(C(=O)OCCc2ccc(OC(C)O)cc2)C1c1cccc([N+](=O)[O-])c1. The Kier molecular flexibility index (Phi) is 9.61. The Morgan fingerprint density at radius 3 is 2.18 bits per heavy atom. The highest BCUT2D eigenvalue weighted by molar-refractivity contribution is 6.00. The van der Waals surface area contributed by atoms with Crippen LogP contribution in [0.4, 0.5) is 5.69 Å². The number of aliphatic hydroxyl groups excluding tert-OH is 1. The highest BCUT2D eigenvalue weighted by atomic mass is 16.6. The van der Waals surface area contributed by atoms with Crippen molar-refractivity contribution >= 4 is 17.6 Å². The first-order chi connectivity index (χ1) is 18.1. The van der Waals surface area contributed by atoms with Gasteiger partial charge in [-0.3, -0.25) is 10.1 Å². The molecule has 0 aromatic heterocycles. The highest BCUT2D eigenvalue weighted by Gasteiger charge is 2.38. The lowest BCUT2D eigenvalue weighted by atomic mass is 9.80. The summed E-state index contributed by atoms with van der Waals surface area (Å²) in [5, 5.41) is 23.9. The third-order valence-corrected chi connectivity index (χ3v) is 5.91. The molecule has 38 heavy (non-hydrogen) atoms. The molecule has 202 valence electrons. The summed E-state index contributed by atoms with van der Waals surface area (Å²) in [4.78, 5) is 37.4. The van der Waals surface area contributed by atoms with E-state index < -0.39 is 29.1 Å². The molecule has 2 atom stereocenters. The average molecular weight is 525 g/mol. The molecule has 2 N–H and O–H groups in total.